The fourth-order valence-corrected chi connectivity index (χ4v) is 4.51. The van der Waals surface area contributed by atoms with Crippen molar-refractivity contribution in [2.45, 2.75) is 54.0 Å². The fraction of sp³-hybridized carbons (Fsp3) is 0.450. The van der Waals surface area contributed by atoms with E-state index in [1.807, 2.05) is 32.9 Å². The molecule has 27 heavy (non-hydrogen) atoms. The Bertz CT molecular complexity index is 873. The van der Waals surface area contributed by atoms with Crippen LogP contribution in [0.5, 0.6) is 0 Å². The van der Waals surface area contributed by atoms with Crippen LogP contribution in [0, 0.1) is 27.7 Å². The highest BCUT2D eigenvalue weighted by Gasteiger charge is 2.32. The molecular weight excluding hydrogens is 362 g/mol. The third-order valence-electron chi connectivity index (χ3n) is 4.31. The largest absolute Gasteiger partial charge is 0.465 e. The van der Waals surface area contributed by atoms with Crippen LogP contribution in [0.4, 0.5) is 15.6 Å². The van der Waals surface area contributed by atoms with Crippen LogP contribution in [0.15, 0.2) is 12.1 Å². The summed E-state index contributed by atoms with van der Waals surface area (Å²) in [6.07, 6.45) is -1.09. The summed E-state index contributed by atoms with van der Waals surface area (Å²) < 4.78 is 0. The summed E-state index contributed by atoms with van der Waals surface area (Å²) in [5, 5.41) is 9.89. The highest BCUT2D eigenvalue weighted by Crippen LogP contribution is 2.33. The molecule has 0 unspecified atom stereocenters. The molecule has 6 nitrogen and oxygen atoms in total. The molecule has 0 spiro atoms. The fourth-order valence-electron chi connectivity index (χ4n) is 3.29. The third kappa shape index (κ3) is 4.13. The van der Waals surface area contributed by atoms with Gasteiger partial charge < -0.3 is 10.0 Å². The molecule has 0 aliphatic rings. The van der Waals surface area contributed by atoms with Crippen LogP contribution < -0.4 is 9.80 Å². The van der Waals surface area contributed by atoms with Crippen molar-refractivity contribution in [1.29, 1.82) is 0 Å². The number of carbonyl (C=O) groups excluding carboxylic acids is 1. The van der Waals surface area contributed by atoms with Crippen molar-refractivity contribution in [3.05, 3.63) is 39.4 Å². The van der Waals surface area contributed by atoms with Crippen molar-refractivity contribution in [2.24, 2.45) is 0 Å². The molecule has 0 saturated carbocycles. The van der Waals surface area contributed by atoms with Crippen molar-refractivity contribution in [3.63, 3.8) is 0 Å². The van der Waals surface area contributed by atoms with E-state index in [-0.39, 0.29) is 5.91 Å². The lowest BCUT2D eigenvalue weighted by Crippen LogP contribution is -2.45. The molecule has 0 aliphatic carbocycles. The lowest BCUT2D eigenvalue weighted by molar-refractivity contribution is 0.0995. The molecule has 0 atom stereocenters. The number of nitrogens with zero attached hydrogens (tertiary/aromatic N) is 3. The Kier molecular flexibility index (Phi) is 5.65. The Balaban J connectivity index is 2.46. The second-order valence-corrected chi connectivity index (χ2v) is 8.79. The molecule has 0 bridgehead atoms. The zero-order valence-electron chi connectivity index (χ0n) is 17.2. The van der Waals surface area contributed by atoms with E-state index in [0.717, 1.165) is 33.7 Å². The number of benzene rings is 1. The van der Waals surface area contributed by atoms with Gasteiger partial charge >= 0.3 is 6.09 Å². The van der Waals surface area contributed by atoms with Gasteiger partial charge in [0, 0.05) is 18.3 Å². The van der Waals surface area contributed by atoms with E-state index in [1.54, 1.807) is 39.6 Å². The van der Waals surface area contributed by atoms with Gasteiger partial charge in [0.2, 0.25) is 0 Å². The summed E-state index contributed by atoms with van der Waals surface area (Å²) >= 11 is 1.11. The molecule has 2 amide bonds. The van der Waals surface area contributed by atoms with E-state index in [9.17, 15) is 14.7 Å². The van der Waals surface area contributed by atoms with Gasteiger partial charge in [-0.25, -0.2) is 14.7 Å². The van der Waals surface area contributed by atoms with E-state index in [1.165, 1.54) is 4.90 Å². The quantitative estimate of drug-likeness (QED) is 0.807. The van der Waals surface area contributed by atoms with Crippen molar-refractivity contribution in [3.8, 4) is 0 Å². The lowest BCUT2D eigenvalue weighted by Gasteiger charge is -2.30. The van der Waals surface area contributed by atoms with Crippen LogP contribution in [0.2, 0.25) is 0 Å². The normalized spacial score (nSPS) is 11.4. The Morgan fingerprint density at radius 1 is 1.07 bits per heavy atom. The van der Waals surface area contributed by atoms with Gasteiger partial charge in [0.25, 0.3) is 5.91 Å². The highest BCUT2D eigenvalue weighted by atomic mass is 32.1. The molecule has 2 rings (SSSR count). The first-order valence-corrected chi connectivity index (χ1v) is 9.52. The maximum Gasteiger partial charge on any atom is 0.414 e. The lowest BCUT2D eigenvalue weighted by atomic mass is 10.0. The average Bonchev–Trinajstić information content (AvgIpc) is 2.84. The highest BCUT2D eigenvalue weighted by molar-refractivity contribution is 7.18. The molecule has 0 saturated heterocycles. The number of rotatable bonds is 3. The summed E-state index contributed by atoms with van der Waals surface area (Å²) in [5.41, 5.74) is 3.93. The van der Waals surface area contributed by atoms with Crippen molar-refractivity contribution in [2.75, 3.05) is 16.8 Å². The Hall–Kier alpha value is -2.41. The van der Waals surface area contributed by atoms with E-state index in [4.69, 9.17) is 0 Å². The SMILES string of the molecule is Cc1cc(C)c(N(C)C(=O)c2sc(N(C(=O)O)C(C)(C)C)nc2C)c(C)c1. The van der Waals surface area contributed by atoms with Crippen molar-refractivity contribution in [1.82, 2.24) is 4.98 Å². The molecule has 1 aromatic heterocycles. The first kappa shape index (κ1) is 20.9. The second kappa shape index (κ2) is 7.31. The molecule has 0 aliphatic heterocycles. The van der Waals surface area contributed by atoms with Gasteiger partial charge in [-0.3, -0.25) is 4.79 Å². The number of hydrogen-bond acceptors (Lipinski definition) is 4. The zero-order valence-corrected chi connectivity index (χ0v) is 18.0. The number of amides is 2. The summed E-state index contributed by atoms with van der Waals surface area (Å²) in [6.45, 7) is 13.1. The summed E-state index contributed by atoms with van der Waals surface area (Å²) in [4.78, 5) is 32.5. The Labute approximate surface area is 164 Å². The minimum Gasteiger partial charge on any atom is -0.465 e. The van der Waals surface area contributed by atoms with Crippen LogP contribution in [0.25, 0.3) is 0 Å². The minimum atomic E-state index is -1.09. The number of aryl methyl sites for hydroxylation is 4. The number of anilines is 2. The monoisotopic (exact) mass is 389 g/mol. The van der Waals surface area contributed by atoms with Gasteiger partial charge in [-0.15, -0.1) is 0 Å². The zero-order chi connectivity index (χ0) is 20.7. The molecule has 146 valence electrons. The number of carboxylic acid groups (broad SMARTS) is 1. The van der Waals surface area contributed by atoms with Gasteiger partial charge in [-0.1, -0.05) is 29.0 Å². The van der Waals surface area contributed by atoms with Crippen LogP contribution in [0.3, 0.4) is 0 Å². The Morgan fingerprint density at radius 3 is 2.04 bits per heavy atom. The smallest absolute Gasteiger partial charge is 0.414 e. The summed E-state index contributed by atoms with van der Waals surface area (Å²) in [5.74, 6) is -0.189. The van der Waals surface area contributed by atoms with Gasteiger partial charge in [0.15, 0.2) is 5.13 Å². The van der Waals surface area contributed by atoms with Gasteiger partial charge in [-0.2, -0.15) is 0 Å². The maximum absolute atomic E-state index is 13.1. The first-order chi connectivity index (χ1) is 12.3. The van der Waals surface area contributed by atoms with E-state index in [2.05, 4.69) is 4.98 Å². The Morgan fingerprint density at radius 2 is 1.59 bits per heavy atom. The standard InChI is InChI=1S/C20H27N3O3S/c1-11-9-12(2)15(13(3)10-11)22(8)17(24)16-14(4)21-18(27-16)23(19(25)26)20(5,6)7/h9-10H,1-8H3,(H,25,26). The molecule has 7 heteroatoms. The molecule has 1 N–H and O–H groups in total. The number of carbonyl (C=O) groups is 2. The van der Waals surface area contributed by atoms with Gasteiger partial charge in [0.05, 0.1) is 5.69 Å². The van der Waals surface area contributed by atoms with Crippen molar-refractivity contribution >= 4 is 34.2 Å². The van der Waals surface area contributed by atoms with Gasteiger partial charge in [0.1, 0.15) is 4.88 Å². The van der Waals surface area contributed by atoms with E-state index in [0.29, 0.717) is 15.7 Å². The number of aromatic nitrogens is 1. The summed E-state index contributed by atoms with van der Waals surface area (Å²) in [7, 11) is 1.74. The number of hydrogen-bond donors (Lipinski definition) is 1. The molecule has 2 aromatic rings. The average molecular weight is 390 g/mol. The summed E-state index contributed by atoms with van der Waals surface area (Å²) in [6, 6.07) is 4.09. The molecule has 0 radical (unpaired) electrons. The minimum absolute atomic E-state index is 0.189. The van der Waals surface area contributed by atoms with Crippen LogP contribution in [-0.4, -0.2) is 34.7 Å². The van der Waals surface area contributed by atoms with Gasteiger partial charge in [-0.05, 0) is 59.6 Å². The van der Waals surface area contributed by atoms with E-state index >= 15 is 0 Å². The maximum atomic E-state index is 13.1. The number of thiazole rings is 1. The second-order valence-electron chi connectivity index (χ2n) is 7.81. The first-order valence-electron chi connectivity index (χ1n) is 8.71. The topological polar surface area (TPSA) is 73.7 Å². The predicted octanol–water partition coefficient (Wildman–Crippen LogP) is 4.94. The van der Waals surface area contributed by atoms with E-state index < -0.39 is 11.6 Å². The van der Waals surface area contributed by atoms with Crippen LogP contribution in [0.1, 0.15) is 52.8 Å². The molecule has 0 fully saturated rings. The molecule has 1 aromatic carbocycles. The predicted molar refractivity (Wildman–Crippen MR) is 110 cm³/mol. The molecular formula is C20H27N3O3S. The van der Waals surface area contributed by atoms with Crippen LogP contribution >= 0.6 is 11.3 Å². The molecule has 1 heterocycles. The third-order valence-corrected chi connectivity index (χ3v) is 5.44. The van der Waals surface area contributed by atoms with Crippen molar-refractivity contribution < 1.29 is 14.7 Å². The van der Waals surface area contributed by atoms with Crippen LogP contribution in [-0.2, 0) is 0 Å².